The standard InChI is InChI=1S/C19H20N4O2/c24-12-11-16(15-7-3-1-4-8-15)13-20-19(25)18-14-23(22-21-18)17-9-5-2-6-10-17/h1-10,14,16,24H,11-13H2,(H,20,25). The van der Waals surface area contributed by atoms with Gasteiger partial charge in [0.2, 0.25) is 0 Å². The van der Waals surface area contributed by atoms with Crippen LogP contribution in [-0.4, -0.2) is 39.2 Å². The topological polar surface area (TPSA) is 80.0 Å². The Bertz CT molecular complexity index is 803. The van der Waals surface area contributed by atoms with Crippen LogP contribution in [0.5, 0.6) is 0 Å². The number of aliphatic hydroxyl groups excluding tert-OH is 1. The van der Waals surface area contributed by atoms with Gasteiger partial charge in [0.05, 0.1) is 11.9 Å². The molecule has 1 atom stereocenters. The number of nitrogens with one attached hydrogen (secondary N) is 1. The molecule has 2 aromatic carbocycles. The molecule has 2 N–H and O–H groups in total. The number of hydrogen-bond donors (Lipinski definition) is 2. The molecule has 0 bridgehead atoms. The summed E-state index contributed by atoms with van der Waals surface area (Å²) in [5.74, 6) is -0.222. The first-order valence-electron chi connectivity index (χ1n) is 8.19. The molecule has 128 valence electrons. The number of benzene rings is 2. The number of carbonyl (C=O) groups excluding carboxylic acids is 1. The first-order chi connectivity index (χ1) is 12.3. The normalized spacial score (nSPS) is 11.9. The van der Waals surface area contributed by atoms with Crippen LogP contribution in [0.15, 0.2) is 66.9 Å². The van der Waals surface area contributed by atoms with Gasteiger partial charge < -0.3 is 10.4 Å². The molecule has 1 heterocycles. The second-order valence-corrected chi connectivity index (χ2v) is 5.71. The lowest BCUT2D eigenvalue weighted by Crippen LogP contribution is -2.29. The van der Waals surface area contributed by atoms with Crippen molar-refractivity contribution in [3.05, 3.63) is 78.1 Å². The minimum absolute atomic E-state index is 0.0549. The Morgan fingerprint density at radius 3 is 2.44 bits per heavy atom. The molecule has 1 aromatic heterocycles. The molecule has 0 spiro atoms. The summed E-state index contributed by atoms with van der Waals surface area (Å²) >= 11 is 0. The molecule has 3 rings (SSSR count). The average molecular weight is 336 g/mol. The van der Waals surface area contributed by atoms with Crippen molar-refractivity contribution < 1.29 is 9.90 Å². The van der Waals surface area contributed by atoms with Crippen molar-refractivity contribution in [1.82, 2.24) is 20.3 Å². The van der Waals surface area contributed by atoms with Gasteiger partial charge in [0.25, 0.3) is 5.91 Å². The number of amides is 1. The van der Waals surface area contributed by atoms with Crippen LogP contribution in [0.3, 0.4) is 0 Å². The van der Waals surface area contributed by atoms with E-state index in [0.717, 1.165) is 11.3 Å². The van der Waals surface area contributed by atoms with E-state index in [9.17, 15) is 9.90 Å². The van der Waals surface area contributed by atoms with E-state index in [0.29, 0.717) is 13.0 Å². The van der Waals surface area contributed by atoms with Gasteiger partial charge in [0.1, 0.15) is 0 Å². The van der Waals surface area contributed by atoms with E-state index >= 15 is 0 Å². The first-order valence-corrected chi connectivity index (χ1v) is 8.19. The molecule has 0 saturated heterocycles. The lowest BCUT2D eigenvalue weighted by Gasteiger charge is -2.16. The van der Waals surface area contributed by atoms with Gasteiger partial charge in [-0.05, 0) is 24.1 Å². The smallest absolute Gasteiger partial charge is 0.273 e. The Balaban J connectivity index is 1.65. The Morgan fingerprint density at radius 1 is 1.08 bits per heavy atom. The largest absolute Gasteiger partial charge is 0.396 e. The lowest BCUT2D eigenvalue weighted by atomic mass is 9.96. The highest BCUT2D eigenvalue weighted by Gasteiger charge is 2.15. The second-order valence-electron chi connectivity index (χ2n) is 5.71. The van der Waals surface area contributed by atoms with Gasteiger partial charge >= 0.3 is 0 Å². The van der Waals surface area contributed by atoms with Gasteiger partial charge in [-0.15, -0.1) is 5.10 Å². The van der Waals surface area contributed by atoms with Crippen molar-refractivity contribution in [2.24, 2.45) is 0 Å². The zero-order chi connectivity index (χ0) is 17.5. The second kappa shape index (κ2) is 8.21. The third kappa shape index (κ3) is 4.30. The van der Waals surface area contributed by atoms with Gasteiger partial charge in [-0.25, -0.2) is 4.68 Å². The molecule has 1 unspecified atom stereocenters. The molecule has 0 aliphatic rings. The number of rotatable bonds is 7. The number of aliphatic hydroxyl groups is 1. The monoisotopic (exact) mass is 336 g/mol. The fourth-order valence-electron chi connectivity index (χ4n) is 2.65. The van der Waals surface area contributed by atoms with Gasteiger partial charge in [0.15, 0.2) is 5.69 Å². The zero-order valence-corrected chi connectivity index (χ0v) is 13.7. The highest BCUT2D eigenvalue weighted by atomic mass is 16.3. The minimum Gasteiger partial charge on any atom is -0.396 e. The summed E-state index contributed by atoms with van der Waals surface area (Å²) in [6.07, 6.45) is 2.19. The molecule has 6 nitrogen and oxygen atoms in total. The quantitative estimate of drug-likeness (QED) is 0.693. The van der Waals surface area contributed by atoms with Gasteiger partial charge in [-0.1, -0.05) is 53.7 Å². The van der Waals surface area contributed by atoms with Crippen LogP contribution in [0.4, 0.5) is 0 Å². The van der Waals surface area contributed by atoms with Crippen molar-refractivity contribution >= 4 is 5.91 Å². The van der Waals surface area contributed by atoms with E-state index in [2.05, 4.69) is 15.6 Å². The van der Waals surface area contributed by atoms with Crippen molar-refractivity contribution in [1.29, 1.82) is 0 Å². The van der Waals surface area contributed by atoms with Gasteiger partial charge in [-0.2, -0.15) is 0 Å². The van der Waals surface area contributed by atoms with E-state index < -0.39 is 0 Å². The fraction of sp³-hybridized carbons (Fsp3) is 0.211. The molecule has 0 aliphatic carbocycles. The number of nitrogens with zero attached hydrogens (tertiary/aromatic N) is 3. The first kappa shape index (κ1) is 16.9. The Hall–Kier alpha value is -2.99. The van der Waals surface area contributed by atoms with E-state index in [1.807, 2.05) is 60.7 Å². The van der Waals surface area contributed by atoms with Crippen LogP contribution in [0.1, 0.15) is 28.4 Å². The molecule has 3 aromatic rings. The Kier molecular flexibility index (Phi) is 5.53. The maximum Gasteiger partial charge on any atom is 0.273 e. The van der Waals surface area contributed by atoms with Crippen molar-refractivity contribution in [2.45, 2.75) is 12.3 Å². The molecular weight excluding hydrogens is 316 g/mol. The van der Waals surface area contributed by atoms with E-state index in [1.165, 1.54) is 0 Å². The molecular formula is C19H20N4O2. The van der Waals surface area contributed by atoms with E-state index in [-0.39, 0.29) is 24.1 Å². The van der Waals surface area contributed by atoms with Crippen molar-refractivity contribution in [3.63, 3.8) is 0 Å². The Labute approximate surface area is 146 Å². The maximum atomic E-state index is 12.3. The predicted octanol–water partition coefficient (Wildman–Crippen LogP) is 2.16. The fourth-order valence-corrected chi connectivity index (χ4v) is 2.65. The molecule has 0 fully saturated rings. The molecule has 6 heteroatoms. The summed E-state index contributed by atoms with van der Waals surface area (Å²) in [6, 6.07) is 19.3. The van der Waals surface area contributed by atoms with Crippen LogP contribution in [0, 0.1) is 0 Å². The highest BCUT2D eigenvalue weighted by Crippen LogP contribution is 2.18. The SMILES string of the molecule is O=C(NCC(CCO)c1ccccc1)c1cn(-c2ccccc2)nn1. The van der Waals surface area contributed by atoms with Crippen LogP contribution in [0.25, 0.3) is 5.69 Å². The summed E-state index contributed by atoms with van der Waals surface area (Å²) in [7, 11) is 0. The number of aromatic nitrogens is 3. The van der Waals surface area contributed by atoms with Crippen molar-refractivity contribution in [2.75, 3.05) is 13.2 Å². The van der Waals surface area contributed by atoms with Crippen LogP contribution < -0.4 is 5.32 Å². The third-order valence-electron chi connectivity index (χ3n) is 4.00. The van der Waals surface area contributed by atoms with Crippen LogP contribution in [0.2, 0.25) is 0 Å². The van der Waals surface area contributed by atoms with Gasteiger partial charge in [-0.3, -0.25) is 4.79 Å². The minimum atomic E-state index is -0.277. The highest BCUT2D eigenvalue weighted by molar-refractivity contribution is 5.91. The number of para-hydroxylation sites is 1. The van der Waals surface area contributed by atoms with E-state index in [4.69, 9.17) is 0 Å². The molecule has 25 heavy (non-hydrogen) atoms. The van der Waals surface area contributed by atoms with Crippen molar-refractivity contribution in [3.8, 4) is 5.69 Å². The summed E-state index contributed by atoms with van der Waals surface area (Å²) in [6.45, 7) is 0.501. The molecule has 0 aliphatic heterocycles. The maximum absolute atomic E-state index is 12.3. The number of carbonyl (C=O) groups is 1. The lowest BCUT2D eigenvalue weighted by molar-refractivity contribution is 0.0944. The molecule has 0 saturated carbocycles. The zero-order valence-electron chi connectivity index (χ0n) is 13.7. The van der Waals surface area contributed by atoms with Crippen LogP contribution >= 0.6 is 0 Å². The van der Waals surface area contributed by atoms with Crippen LogP contribution in [-0.2, 0) is 0 Å². The van der Waals surface area contributed by atoms with Gasteiger partial charge in [0, 0.05) is 19.1 Å². The summed E-state index contributed by atoms with van der Waals surface area (Å²) in [4.78, 5) is 12.3. The third-order valence-corrected chi connectivity index (χ3v) is 4.00. The Morgan fingerprint density at radius 2 is 1.76 bits per heavy atom. The number of hydrogen-bond acceptors (Lipinski definition) is 4. The molecule has 0 radical (unpaired) electrons. The van der Waals surface area contributed by atoms with E-state index in [1.54, 1.807) is 10.9 Å². The molecule has 1 amide bonds. The average Bonchev–Trinajstić information content (AvgIpc) is 3.16. The summed E-state index contributed by atoms with van der Waals surface area (Å²) < 4.78 is 1.57. The summed E-state index contributed by atoms with van der Waals surface area (Å²) in [5.41, 5.74) is 2.20. The summed E-state index contributed by atoms with van der Waals surface area (Å²) in [5, 5.41) is 20.1. The predicted molar refractivity (Wildman–Crippen MR) is 94.6 cm³/mol.